The summed E-state index contributed by atoms with van der Waals surface area (Å²) in [5.74, 6) is -2.17. The van der Waals surface area contributed by atoms with Crippen LogP contribution in [0.1, 0.15) is 34.1 Å². The Balaban J connectivity index is 1.75. The highest BCUT2D eigenvalue weighted by Crippen LogP contribution is 2.28. The highest BCUT2D eigenvalue weighted by atomic mass is 35.5. The number of nitrogens with zero attached hydrogens (tertiary/aromatic N) is 1. The summed E-state index contributed by atoms with van der Waals surface area (Å²) >= 11 is 6.32. The van der Waals surface area contributed by atoms with Gasteiger partial charge in [0.25, 0.3) is 5.91 Å². The van der Waals surface area contributed by atoms with E-state index in [1.807, 2.05) is 19.1 Å². The van der Waals surface area contributed by atoms with Gasteiger partial charge in [0, 0.05) is 25.5 Å². The molecule has 1 amide bonds. The number of rotatable bonds is 10. The molecule has 3 N–H and O–H groups in total. The minimum Gasteiger partial charge on any atom is -0.465 e. The number of amides is 1. The number of aliphatic hydroxyl groups is 2. The van der Waals surface area contributed by atoms with Crippen LogP contribution < -0.4 is 5.32 Å². The second-order valence-corrected chi connectivity index (χ2v) is 10.5. The molecule has 2 aromatic carbocycles. The first kappa shape index (κ1) is 26.7. The van der Waals surface area contributed by atoms with Crippen molar-refractivity contribution in [3.8, 4) is 0 Å². The van der Waals surface area contributed by atoms with Crippen LogP contribution in [0.2, 0.25) is 5.02 Å². The van der Waals surface area contributed by atoms with Gasteiger partial charge in [0.1, 0.15) is 5.69 Å². The molecule has 188 valence electrons. The number of carbonyl (C=O) groups is 2. The van der Waals surface area contributed by atoms with Gasteiger partial charge in [-0.1, -0.05) is 23.7 Å². The molecule has 1 unspecified atom stereocenters. The lowest BCUT2D eigenvalue weighted by Gasteiger charge is -2.17. The van der Waals surface area contributed by atoms with Crippen molar-refractivity contribution in [2.45, 2.75) is 24.3 Å². The van der Waals surface area contributed by atoms with E-state index in [2.05, 4.69) is 5.32 Å². The maximum absolute atomic E-state index is 13.0. The van der Waals surface area contributed by atoms with Crippen LogP contribution in [0.5, 0.6) is 0 Å². The van der Waals surface area contributed by atoms with E-state index >= 15 is 0 Å². The van der Waals surface area contributed by atoms with Crippen molar-refractivity contribution in [1.82, 2.24) is 9.88 Å². The average Bonchev–Trinajstić information content (AvgIpc) is 3.14. The normalized spacial score (nSPS) is 12.5. The number of nitrogens with one attached hydrogen (secondary N) is 1. The van der Waals surface area contributed by atoms with E-state index in [-0.39, 0.29) is 24.5 Å². The monoisotopic (exact) mass is 522 g/mol. The van der Waals surface area contributed by atoms with E-state index in [9.17, 15) is 23.1 Å². The summed E-state index contributed by atoms with van der Waals surface area (Å²) in [6, 6.07) is 10.2. The van der Waals surface area contributed by atoms with Crippen LogP contribution in [0.4, 0.5) is 0 Å². The molecule has 0 bridgehead atoms. The van der Waals surface area contributed by atoms with Crippen LogP contribution in [0, 0.1) is 6.92 Å². The van der Waals surface area contributed by atoms with E-state index in [4.69, 9.17) is 21.4 Å². The number of sulfone groups is 1. The molecule has 35 heavy (non-hydrogen) atoms. The third kappa shape index (κ3) is 6.21. The fourth-order valence-corrected chi connectivity index (χ4v) is 5.08. The lowest BCUT2D eigenvalue weighted by atomic mass is 10.1. The van der Waals surface area contributed by atoms with Gasteiger partial charge in [0.2, 0.25) is 0 Å². The number of ether oxygens (including phenoxy) is 1. The van der Waals surface area contributed by atoms with Gasteiger partial charge in [-0.2, -0.15) is 0 Å². The molecule has 0 radical (unpaired) electrons. The molecule has 3 rings (SSSR count). The standard InChI is InChI=1S/C24H27ClN2O7S/c1-15-10-19(25)18-12-22(27(2)21(18)11-15)24(31)26-20(13-29)16-4-6-17(7-5-16)35(32,33)14-23(30)34-9-3-8-28/h4-7,10-12,20,28-29H,3,8-9,13-14H2,1-2H3,(H,26,31). The van der Waals surface area contributed by atoms with Crippen molar-refractivity contribution >= 4 is 44.2 Å². The van der Waals surface area contributed by atoms with Gasteiger partial charge in [0.05, 0.1) is 34.7 Å². The van der Waals surface area contributed by atoms with E-state index < -0.39 is 40.1 Å². The number of esters is 1. The molecule has 0 aliphatic rings. The summed E-state index contributed by atoms with van der Waals surface area (Å²) in [4.78, 5) is 24.6. The molecular formula is C24H27ClN2O7S. The lowest BCUT2D eigenvalue weighted by molar-refractivity contribution is -0.140. The molecule has 0 saturated heterocycles. The molecule has 1 atom stereocenters. The molecule has 0 aliphatic heterocycles. The van der Waals surface area contributed by atoms with Gasteiger partial charge in [0.15, 0.2) is 15.6 Å². The Morgan fingerprint density at radius 3 is 2.46 bits per heavy atom. The fourth-order valence-electron chi connectivity index (χ4n) is 3.64. The van der Waals surface area contributed by atoms with Crippen molar-refractivity contribution < 1.29 is 33.0 Å². The first-order chi connectivity index (χ1) is 16.6. The number of carbonyl (C=O) groups excluding carboxylic acids is 2. The third-order valence-corrected chi connectivity index (χ3v) is 7.41. The molecule has 0 aliphatic carbocycles. The number of aromatic nitrogens is 1. The zero-order valence-electron chi connectivity index (χ0n) is 19.3. The average molecular weight is 523 g/mol. The molecule has 9 nitrogen and oxygen atoms in total. The number of aliphatic hydroxyl groups excluding tert-OH is 2. The van der Waals surface area contributed by atoms with Gasteiger partial charge < -0.3 is 24.8 Å². The summed E-state index contributed by atoms with van der Waals surface area (Å²) in [6.07, 6.45) is 0.222. The SMILES string of the molecule is Cc1cc(Cl)c2cc(C(=O)NC(CO)c3ccc(S(=O)(=O)CC(=O)OCCCO)cc3)n(C)c2c1. The van der Waals surface area contributed by atoms with Crippen LogP contribution in [0.3, 0.4) is 0 Å². The Hall–Kier alpha value is -2.92. The molecule has 0 saturated carbocycles. The summed E-state index contributed by atoms with van der Waals surface area (Å²) in [5, 5.41) is 22.6. The van der Waals surface area contributed by atoms with Gasteiger partial charge in [-0.25, -0.2) is 8.42 Å². The Morgan fingerprint density at radius 2 is 1.83 bits per heavy atom. The third-order valence-electron chi connectivity index (χ3n) is 5.49. The number of hydrogen-bond acceptors (Lipinski definition) is 7. The summed E-state index contributed by atoms with van der Waals surface area (Å²) < 4.78 is 31.5. The Morgan fingerprint density at radius 1 is 1.14 bits per heavy atom. The minimum absolute atomic E-state index is 0.0653. The quantitative estimate of drug-likeness (QED) is 0.274. The van der Waals surface area contributed by atoms with Crippen LogP contribution >= 0.6 is 11.6 Å². The molecule has 1 heterocycles. The van der Waals surface area contributed by atoms with Crippen molar-refractivity contribution in [3.63, 3.8) is 0 Å². The number of fused-ring (bicyclic) bond motifs is 1. The van der Waals surface area contributed by atoms with E-state index in [1.165, 1.54) is 24.3 Å². The van der Waals surface area contributed by atoms with Crippen molar-refractivity contribution in [3.05, 3.63) is 64.3 Å². The Labute approximate surface area is 208 Å². The summed E-state index contributed by atoms with van der Waals surface area (Å²) in [6.45, 7) is 1.25. The molecule has 1 aromatic heterocycles. The molecule has 3 aromatic rings. The number of aryl methyl sites for hydroxylation is 2. The van der Waals surface area contributed by atoms with Crippen LogP contribution in [-0.4, -0.2) is 60.6 Å². The Kier molecular flexibility index (Phi) is 8.55. The van der Waals surface area contributed by atoms with Crippen molar-refractivity contribution in [2.24, 2.45) is 7.05 Å². The van der Waals surface area contributed by atoms with E-state index in [1.54, 1.807) is 17.7 Å². The second kappa shape index (κ2) is 11.2. The van der Waals surface area contributed by atoms with Crippen molar-refractivity contribution in [1.29, 1.82) is 0 Å². The van der Waals surface area contributed by atoms with Gasteiger partial charge in [-0.3, -0.25) is 9.59 Å². The van der Waals surface area contributed by atoms with E-state index in [0.29, 0.717) is 16.3 Å². The maximum atomic E-state index is 13.0. The van der Waals surface area contributed by atoms with E-state index in [0.717, 1.165) is 16.5 Å². The predicted molar refractivity (Wildman–Crippen MR) is 131 cm³/mol. The number of hydrogen-bond donors (Lipinski definition) is 3. The first-order valence-electron chi connectivity index (χ1n) is 10.8. The fraction of sp³-hybridized carbons (Fsp3) is 0.333. The minimum atomic E-state index is -3.94. The molecule has 0 fully saturated rings. The lowest BCUT2D eigenvalue weighted by Crippen LogP contribution is -2.32. The van der Waals surface area contributed by atoms with Crippen LogP contribution in [0.25, 0.3) is 10.9 Å². The topological polar surface area (TPSA) is 135 Å². The highest BCUT2D eigenvalue weighted by Gasteiger charge is 2.23. The number of benzene rings is 2. The van der Waals surface area contributed by atoms with Crippen LogP contribution in [-0.2, 0) is 26.4 Å². The zero-order chi connectivity index (χ0) is 25.8. The Bertz CT molecular complexity index is 1330. The number of halogens is 1. The maximum Gasteiger partial charge on any atom is 0.321 e. The molecule has 11 heteroatoms. The smallest absolute Gasteiger partial charge is 0.321 e. The highest BCUT2D eigenvalue weighted by molar-refractivity contribution is 7.92. The van der Waals surface area contributed by atoms with Gasteiger partial charge >= 0.3 is 5.97 Å². The molecule has 0 spiro atoms. The zero-order valence-corrected chi connectivity index (χ0v) is 20.9. The summed E-state index contributed by atoms with van der Waals surface area (Å²) in [7, 11) is -2.20. The molecular weight excluding hydrogens is 496 g/mol. The van der Waals surface area contributed by atoms with Crippen LogP contribution in [0.15, 0.2) is 47.4 Å². The second-order valence-electron chi connectivity index (χ2n) is 8.10. The van der Waals surface area contributed by atoms with Gasteiger partial charge in [-0.15, -0.1) is 0 Å². The predicted octanol–water partition coefficient (Wildman–Crippen LogP) is 2.30. The van der Waals surface area contributed by atoms with Gasteiger partial charge in [-0.05, 0) is 48.4 Å². The largest absolute Gasteiger partial charge is 0.465 e. The first-order valence-corrected chi connectivity index (χ1v) is 12.9. The van der Waals surface area contributed by atoms with Crippen molar-refractivity contribution in [2.75, 3.05) is 25.6 Å². The summed E-state index contributed by atoms with van der Waals surface area (Å²) in [5.41, 5.74) is 2.59.